The molecule has 4 aromatic rings. The highest BCUT2D eigenvalue weighted by atomic mass is 31.2. The summed E-state index contributed by atoms with van der Waals surface area (Å²) in [5, 5.41) is 22.2. The van der Waals surface area contributed by atoms with Crippen LogP contribution in [-0.4, -0.2) is 109 Å². The average Bonchev–Trinajstić information content (AvgIpc) is 3.72. The number of aromatic amines is 1. The van der Waals surface area contributed by atoms with Gasteiger partial charge in [0.1, 0.15) is 36.3 Å². The van der Waals surface area contributed by atoms with E-state index in [0.717, 1.165) is 17.2 Å². The molecule has 4 aromatic heterocycles. The number of nitrogens with one attached hydrogen (secondary N) is 1. The summed E-state index contributed by atoms with van der Waals surface area (Å²) in [5.74, 6) is -0.233. The quantitative estimate of drug-likeness (QED) is 0.109. The number of nitrogen functional groups attached to an aromatic ring is 2. The predicted molar refractivity (Wildman–Crippen MR) is 143 cm³/mol. The maximum atomic E-state index is 13.2. The van der Waals surface area contributed by atoms with E-state index >= 15 is 0 Å². The SMILES string of the molecule is Nc1nc2c(ncn2[C@@H]2O[C@@H]3OCP(=O)(O)OC4[C@@H](COP(=O)(O)OC3[C@@H]2O)O[C@@H](n2cnc3c(N)ncnc32)[C@H]4O)c(=O)[nH]1. The molecule has 9 N–H and O–H groups in total. The molecule has 23 nitrogen and oxygen atoms in total. The van der Waals surface area contributed by atoms with Crippen LogP contribution in [0.2, 0.25) is 0 Å². The fourth-order valence-electron chi connectivity index (χ4n) is 5.23. The van der Waals surface area contributed by atoms with E-state index in [1.807, 2.05) is 0 Å². The van der Waals surface area contributed by atoms with Gasteiger partial charge in [-0.25, -0.2) is 24.5 Å². The van der Waals surface area contributed by atoms with Crippen LogP contribution in [0.3, 0.4) is 0 Å². The average molecular weight is 674 g/mol. The first-order chi connectivity index (χ1) is 21.3. The minimum atomic E-state index is -5.08. The van der Waals surface area contributed by atoms with E-state index < -0.39 is 83.2 Å². The normalized spacial score (nSPS) is 37.7. The lowest BCUT2D eigenvalue weighted by Crippen LogP contribution is -2.38. The number of hydrogen-bond donors (Lipinski definition) is 7. The molecule has 45 heavy (non-hydrogen) atoms. The van der Waals surface area contributed by atoms with Crippen LogP contribution in [0.25, 0.3) is 22.3 Å². The fraction of sp³-hybridized carbons (Fsp3) is 0.500. The molecule has 0 bridgehead atoms. The first-order valence-electron chi connectivity index (χ1n) is 12.9. The van der Waals surface area contributed by atoms with Gasteiger partial charge in [-0.1, -0.05) is 0 Å². The maximum Gasteiger partial charge on any atom is 0.472 e. The summed E-state index contributed by atoms with van der Waals surface area (Å²) in [5.41, 5.74) is 10.8. The van der Waals surface area contributed by atoms with Crippen LogP contribution in [0.15, 0.2) is 23.8 Å². The number of nitrogens with two attached hydrogens (primary N) is 2. The van der Waals surface area contributed by atoms with Crippen LogP contribution in [0.1, 0.15) is 12.5 Å². The highest BCUT2D eigenvalue weighted by Gasteiger charge is 2.54. The zero-order valence-corrected chi connectivity index (χ0v) is 24.2. The van der Waals surface area contributed by atoms with Gasteiger partial charge in [-0.15, -0.1) is 0 Å². The van der Waals surface area contributed by atoms with Crippen LogP contribution in [-0.2, 0) is 36.9 Å². The van der Waals surface area contributed by atoms with Crippen molar-refractivity contribution in [2.45, 2.75) is 49.3 Å². The number of hydrogen-bond acceptors (Lipinski definition) is 18. The van der Waals surface area contributed by atoms with Crippen molar-refractivity contribution in [1.29, 1.82) is 0 Å². The summed E-state index contributed by atoms with van der Waals surface area (Å²) >= 11 is 0. The van der Waals surface area contributed by atoms with Crippen LogP contribution >= 0.6 is 15.4 Å². The van der Waals surface area contributed by atoms with Crippen LogP contribution in [0, 0.1) is 0 Å². The Morgan fingerprint density at radius 1 is 0.911 bits per heavy atom. The largest absolute Gasteiger partial charge is 0.472 e. The number of aliphatic hydroxyl groups is 2. The number of phosphoric ester groups is 1. The molecule has 4 unspecified atom stereocenters. The number of aromatic nitrogens is 8. The predicted octanol–water partition coefficient (Wildman–Crippen LogP) is -2.34. The summed E-state index contributed by atoms with van der Waals surface area (Å²) in [7, 11) is -9.85. The van der Waals surface area contributed by atoms with E-state index in [1.165, 1.54) is 10.9 Å². The van der Waals surface area contributed by atoms with Gasteiger partial charge in [0.05, 0.1) is 19.3 Å². The number of ether oxygens (including phenoxy) is 3. The van der Waals surface area contributed by atoms with Crippen molar-refractivity contribution in [3.05, 3.63) is 29.3 Å². The van der Waals surface area contributed by atoms with Crippen molar-refractivity contribution >= 4 is 49.5 Å². The number of nitrogens with zero attached hydrogens (tertiary/aromatic N) is 7. The Morgan fingerprint density at radius 2 is 1.60 bits per heavy atom. The van der Waals surface area contributed by atoms with E-state index in [2.05, 4.69) is 29.9 Å². The van der Waals surface area contributed by atoms with Gasteiger partial charge in [0, 0.05) is 0 Å². The zero-order valence-electron chi connectivity index (χ0n) is 22.4. The number of anilines is 2. The highest BCUT2D eigenvalue weighted by molar-refractivity contribution is 7.52. The molecular formula is C20H24N10O13P2. The minimum Gasteiger partial charge on any atom is -0.386 e. The lowest BCUT2D eigenvalue weighted by molar-refractivity contribution is -0.168. The Hall–Kier alpha value is -3.44. The first-order valence-corrected chi connectivity index (χ1v) is 16.2. The summed E-state index contributed by atoms with van der Waals surface area (Å²) in [6.07, 6.45) is -10.6. The van der Waals surface area contributed by atoms with Gasteiger partial charge in [0.15, 0.2) is 53.8 Å². The summed E-state index contributed by atoms with van der Waals surface area (Å²) in [6.45, 7) is -0.799. The van der Waals surface area contributed by atoms with Crippen molar-refractivity contribution in [2.75, 3.05) is 24.4 Å². The lowest BCUT2D eigenvalue weighted by atomic mass is 10.1. The molecule has 0 radical (unpaired) electrons. The van der Waals surface area contributed by atoms with Crippen molar-refractivity contribution in [1.82, 2.24) is 39.0 Å². The van der Waals surface area contributed by atoms with Crippen molar-refractivity contribution in [3.63, 3.8) is 0 Å². The molecule has 3 saturated heterocycles. The molecule has 0 spiro atoms. The second-order valence-electron chi connectivity index (χ2n) is 10.1. The zero-order chi connectivity index (χ0) is 31.8. The van der Waals surface area contributed by atoms with Crippen molar-refractivity contribution < 1.29 is 56.9 Å². The smallest absolute Gasteiger partial charge is 0.386 e. The van der Waals surface area contributed by atoms with E-state index in [1.54, 1.807) is 0 Å². The van der Waals surface area contributed by atoms with E-state index in [9.17, 15) is 33.9 Å². The summed E-state index contributed by atoms with van der Waals surface area (Å²) in [6, 6.07) is 0. The third kappa shape index (κ3) is 5.31. The molecule has 0 aromatic carbocycles. The Kier molecular flexibility index (Phi) is 7.27. The van der Waals surface area contributed by atoms with E-state index in [4.69, 9.17) is 39.2 Å². The van der Waals surface area contributed by atoms with Gasteiger partial charge in [0.25, 0.3) is 5.56 Å². The number of fused-ring (bicyclic) bond motifs is 4. The highest BCUT2D eigenvalue weighted by Crippen LogP contribution is 2.53. The second-order valence-corrected chi connectivity index (χ2v) is 13.3. The topological polar surface area (TPSA) is 330 Å². The summed E-state index contributed by atoms with van der Waals surface area (Å²) in [4.78, 5) is 55.7. The standard InChI is InChI=1S/C20H24N10O13P2/c21-13-7-14(24-2-23-13)29(3-25-7)17-9(31)11-6(40-17)1-39-45(36,37)43-12-10(32)18(41-19(12)38-5-44(34,35)42-11)30-4-26-8-15(30)27-20(22)28-16(8)33/h2-4,6,9-12,17-19,31-32H,1,5H2,(H,34,35)(H,36,37)(H2,21,23,24)(H3,22,27,28,33)/t6-,9+,10+,11?,12?,17-,18-,19+/m1/s1. The maximum absolute atomic E-state index is 13.2. The van der Waals surface area contributed by atoms with Gasteiger partial charge in [0.2, 0.25) is 5.95 Å². The monoisotopic (exact) mass is 674 g/mol. The van der Waals surface area contributed by atoms with Crippen LogP contribution in [0.4, 0.5) is 11.8 Å². The molecular weight excluding hydrogens is 650 g/mol. The van der Waals surface area contributed by atoms with Gasteiger partial charge in [-0.3, -0.25) is 37.0 Å². The Morgan fingerprint density at radius 3 is 2.38 bits per heavy atom. The molecule has 0 saturated carbocycles. The third-order valence-electron chi connectivity index (χ3n) is 7.21. The Labute approximate surface area is 248 Å². The number of H-pyrrole nitrogens is 1. The van der Waals surface area contributed by atoms with Gasteiger partial charge >= 0.3 is 15.4 Å². The molecule has 3 fully saturated rings. The molecule has 7 heterocycles. The molecule has 0 amide bonds. The fourth-order valence-corrected chi connectivity index (χ4v) is 7.20. The van der Waals surface area contributed by atoms with Crippen molar-refractivity contribution in [2.24, 2.45) is 0 Å². The van der Waals surface area contributed by atoms with Gasteiger partial charge < -0.3 is 45.7 Å². The third-order valence-corrected chi connectivity index (χ3v) is 9.24. The molecule has 242 valence electrons. The number of imidazole rings is 2. The minimum absolute atomic E-state index is 0.0418. The molecule has 7 rings (SSSR count). The van der Waals surface area contributed by atoms with Crippen molar-refractivity contribution in [3.8, 4) is 0 Å². The van der Waals surface area contributed by atoms with Crippen LogP contribution < -0.4 is 17.0 Å². The Balaban J connectivity index is 1.17. The second kappa shape index (κ2) is 10.8. The lowest BCUT2D eigenvalue weighted by Gasteiger charge is -2.28. The number of aliphatic hydroxyl groups excluding tert-OH is 2. The van der Waals surface area contributed by atoms with Gasteiger partial charge in [-0.2, -0.15) is 4.98 Å². The van der Waals surface area contributed by atoms with E-state index in [0.29, 0.717) is 0 Å². The summed E-state index contributed by atoms with van der Waals surface area (Å²) < 4.78 is 61.2. The molecule has 3 aliphatic rings. The van der Waals surface area contributed by atoms with Gasteiger partial charge in [-0.05, 0) is 0 Å². The molecule has 25 heteroatoms. The van der Waals surface area contributed by atoms with Crippen LogP contribution in [0.5, 0.6) is 0 Å². The Bertz CT molecular complexity index is 1940. The first kappa shape index (κ1) is 30.2. The molecule has 3 aliphatic heterocycles. The van der Waals surface area contributed by atoms with E-state index in [-0.39, 0.29) is 34.1 Å². The molecule has 10 atom stereocenters. The number of rotatable bonds is 2. The number of phosphoric acid groups is 1. The molecule has 0 aliphatic carbocycles.